The normalized spacial score (nSPS) is 9.75. The molecule has 0 aliphatic heterocycles. The van der Waals surface area contributed by atoms with Gasteiger partial charge in [0.2, 0.25) is 0 Å². The smallest absolute Gasteiger partial charge is 0.101 e. The van der Waals surface area contributed by atoms with Crippen molar-refractivity contribution in [1.82, 2.24) is 4.57 Å². The van der Waals surface area contributed by atoms with E-state index in [0.29, 0.717) is 5.56 Å². The van der Waals surface area contributed by atoms with Crippen LogP contribution in [0.5, 0.6) is 0 Å². The van der Waals surface area contributed by atoms with Gasteiger partial charge in [0.25, 0.3) is 0 Å². The summed E-state index contributed by atoms with van der Waals surface area (Å²) in [5, 5.41) is 12.2. The third-order valence-electron chi connectivity index (χ3n) is 2.42. The first-order valence-electron chi connectivity index (χ1n) is 5.13. The average molecular weight is 211 g/mol. The second-order valence-corrected chi connectivity index (χ2v) is 3.70. The van der Waals surface area contributed by atoms with E-state index in [4.69, 9.17) is 5.26 Å². The Morgan fingerprint density at radius 1 is 1.31 bits per heavy atom. The van der Waals surface area contributed by atoms with Crippen LogP contribution in [0, 0.1) is 11.3 Å². The molecule has 0 fully saturated rings. The summed E-state index contributed by atoms with van der Waals surface area (Å²) in [5.74, 6) is 0. The fourth-order valence-corrected chi connectivity index (χ4v) is 1.60. The van der Waals surface area contributed by atoms with Crippen LogP contribution in [0.15, 0.2) is 42.7 Å². The maximum Gasteiger partial charge on any atom is 0.101 e. The van der Waals surface area contributed by atoms with Gasteiger partial charge in [0.1, 0.15) is 6.07 Å². The highest BCUT2D eigenvalue weighted by Gasteiger charge is 2.00. The van der Waals surface area contributed by atoms with Gasteiger partial charge < -0.3 is 9.88 Å². The zero-order valence-corrected chi connectivity index (χ0v) is 9.14. The van der Waals surface area contributed by atoms with E-state index in [-0.39, 0.29) is 0 Å². The number of nitriles is 1. The lowest BCUT2D eigenvalue weighted by Crippen LogP contribution is -2.00. The third-order valence-corrected chi connectivity index (χ3v) is 2.42. The molecule has 16 heavy (non-hydrogen) atoms. The van der Waals surface area contributed by atoms with Gasteiger partial charge in [-0.2, -0.15) is 5.26 Å². The van der Waals surface area contributed by atoms with Gasteiger partial charge in [-0.3, -0.25) is 0 Å². The fourth-order valence-electron chi connectivity index (χ4n) is 1.60. The van der Waals surface area contributed by atoms with Crippen molar-refractivity contribution >= 4 is 5.69 Å². The Morgan fingerprint density at radius 2 is 2.12 bits per heavy atom. The topological polar surface area (TPSA) is 40.8 Å². The van der Waals surface area contributed by atoms with E-state index in [1.54, 1.807) is 0 Å². The fraction of sp³-hybridized carbons (Fsp3) is 0.154. The van der Waals surface area contributed by atoms with Gasteiger partial charge in [-0.25, -0.2) is 0 Å². The molecular formula is C13H13N3. The quantitative estimate of drug-likeness (QED) is 0.847. The molecule has 0 aliphatic carbocycles. The van der Waals surface area contributed by atoms with Crippen molar-refractivity contribution in [2.75, 3.05) is 5.32 Å². The first-order chi connectivity index (χ1) is 7.79. The van der Waals surface area contributed by atoms with Crippen LogP contribution < -0.4 is 5.32 Å². The van der Waals surface area contributed by atoms with Gasteiger partial charge >= 0.3 is 0 Å². The van der Waals surface area contributed by atoms with Crippen molar-refractivity contribution in [2.45, 2.75) is 6.54 Å². The summed E-state index contributed by atoms with van der Waals surface area (Å²) >= 11 is 0. The lowest BCUT2D eigenvalue weighted by molar-refractivity contribution is 0.920. The minimum absolute atomic E-state index is 0.679. The van der Waals surface area contributed by atoms with Crippen molar-refractivity contribution in [3.8, 4) is 6.07 Å². The van der Waals surface area contributed by atoms with E-state index < -0.39 is 0 Å². The van der Waals surface area contributed by atoms with Crippen molar-refractivity contribution in [2.24, 2.45) is 7.05 Å². The number of aryl methyl sites for hydroxylation is 1. The van der Waals surface area contributed by atoms with Crippen molar-refractivity contribution in [3.63, 3.8) is 0 Å². The van der Waals surface area contributed by atoms with Gasteiger partial charge in [-0.05, 0) is 23.8 Å². The zero-order chi connectivity index (χ0) is 11.4. The number of aromatic nitrogens is 1. The monoisotopic (exact) mass is 211 g/mol. The molecule has 1 aromatic carbocycles. The number of hydrogen-bond acceptors (Lipinski definition) is 2. The predicted molar refractivity (Wildman–Crippen MR) is 63.9 cm³/mol. The number of rotatable bonds is 3. The SMILES string of the molecule is Cn1ccc(CNc2ccccc2C#N)c1. The van der Waals surface area contributed by atoms with Crippen molar-refractivity contribution in [3.05, 3.63) is 53.9 Å². The summed E-state index contributed by atoms with van der Waals surface area (Å²) in [5.41, 5.74) is 2.77. The Bertz CT molecular complexity index is 520. The van der Waals surface area contributed by atoms with Crippen LogP contribution in [-0.2, 0) is 13.6 Å². The Labute approximate surface area is 94.9 Å². The lowest BCUT2D eigenvalue weighted by atomic mass is 10.2. The molecule has 1 heterocycles. The van der Waals surface area contributed by atoms with Gasteiger partial charge in [0.15, 0.2) is 0 Å². The third kappa shape index (κ3) is 2.23. The molecule has 0 bridgehead atoms. The van der Waals surface area contributed by atoms with Crippen LogP contribution in [0.25, 0.3) is 0 Å². The molecule has 0 spiro atoms. The molecule has 3 nitrogen and oxygen atoms in total. The van der Waals surface area contributed by atoms with E-state index in [1.165, 1.54) is 5.56 Å². The Hall–Kier alpha value is -2.21. The Balaban J connectivity index is 2.08. The van der Waals surface area contributed by atoms with Gasteiger partial charge in [-0.1, -0.05) is 12.1 Å². The molecule has 1 aromatic heterocycles. The zero-order valence-electron chi connectivity index (χ0n) is 9.14. The minimum atomic E-state index is 0.679. The number of benzene rings is 1. The Morgan fingerprint density at radius 3 is 2.81 bits per heavy atom. The average Bonchev–Trinajstić information content (AvgIpc) is 2.73. The lowest BCUT2D eigenvalue weighted by Gasteiger charge is -2.06. The summed E-state index contributed by atoms with van der Waals surface area (Å²) in [6, 6.07) is 11.7. The van der Waals surface area contributed by atoms with Gasteiger partial charge in [0, 0.05) is 26.0 Å². The van der Waals surface area contributed by atoms with E-state index in [2.05, 4.69) is 23.6 Å². The highest BCUT2D eigenvalue weighted by molar-refractivity contribution is 5.57. The summed E-state index contributed by atoms with van der Waals surface area (Å²) in [6.07, 6.45) is 4.06. The molecule has 1 N–H and O–H groups in total. The summed E-state index contributed by atoms with van der Waals surface area (Å²) in [6.45, 7) is 0.736. The van der Waals surface area contributed by atoms with Crippen LogP contribution in [0.1, 0.15) is 11.1 Å². The highest BCUT2D eigenvalue weighted by atomic mass is 14.9. The first kappa shape index (κ1) is 10.3. The summed E-state index contributed by atoms with van der Waals surface area (Å²) in [4.78, 5) is 0. The Kier molecular flexibility index (Phi) is 2.93. The van der Waals surface area contributed by atoms with E-state index in [0.717, 1.165) is 12.2 Å². The molecule has 0 radical (unpaired) electrons. The van der Waals surface area contributed by atoms with Crippen LogP contribution in [-0.4, -0.2) is 4.57 Å². The molecule has 0 amide bonds. The number of para-hydroxylation sites is 1. The molecule has 80 valence electrons. The van der Waals surface area contributed by atoms with E-state index in [1.807, 2.05) is 42.1 Å². The van der Waals surface area contributed by atoms with Gasteiger partial charge in [-0.15, -0.1) is 0 Å². The van der Waals surface area contributed by atoms with Crippen molar-refractivity contribution < 1.29 is 0 Å². The maximum atomic E-state index is 8.93. The molecule has 0 aliphatic rings. The van der Waals surface area contributed by atoms with Crippen molar-refractivity contribution in [1.29, 1.82) is 5.26 Å². The number of nitrogens with zero attached hydrogens (tertiary/aromatic N) is 2. The predicted octanol–water partition coefficient (Wildman–Crippen LogP) is 2.51. The molecule has 3 heteroatoms. The largest absolute Gasteiger partial charge is 0.380 e. The molecule has 2 rings (SSSR count). The summed E-state index contributed by atoms with van der Waals surface area (Å²) in [7, 11) is 1.99. The second kappa shape index (κ2) is 4.54. The first-order valence-corrected chi connectivity index (χ1v) is 5.13. The van der Waals surface area contributed by atoms with Crippen LogP contribution in [0.4, 0.5) is 5.69 Å². The molecular weight excluding hydrogens is 198 g/mol. The van der Waals surface area contributed by atoms with E-state index >= 15 is 0 Å². The molecule has 0 saturated heterocycles. The van der Waals surface area contributed by atoms with Crippen LogP contribution in [0.2, 0.25) is 0 Å². The standard InChI is InChI=1S/C13H13N3/c1-16-7-6-11(10-16)9-15-13-5-3-2-4-12(13)8-14/h2-7,10,15H,9H2,1H3. The second-order valence-electron chi connectivity index (χ2n) is 3.70. The molecule has 0 unspecified atom stereocenters. The molecule has 0 saturated carbocycles. The molecule has 2 aromatic rings. The number of nitrogens with one attached hydrogen (secondary N) is 1. The summed E-state index contributed by atoms with van der Waals surface area (Å²) < 4.78 is 2.01. The number of anilines is 1. The van der Waals surface area contributed by atoms with Crippen LogP contribution >= 0.6 is 0 Å². The van der Waals surface area contributed by atoms with E-state index in [9.17, 15) is 0 Å². The maximum absolute atomic E-state index is 8.93. The number of hydrogen-bond donors (Lipinski definition) is 1. The minimum Gasteiger partial charge on any atom is -0.380 e. The molecule has 0 atom stereocenters. The van der Waals surface area contributed by atoms with Crippen LogP contribution in [0.3, 0.4) is 0 Å². The van der Waals surface area contributed by atoms with Gasteiger partial charge in [0.05, 0.1) is 11.3 Å². The highest BCUT2D eigenvalue weighted by Crippen LogP contribution is 2.14.